The van der Waals surface area contributed by atoms with Gasteiger partial charge in [0.25, 0.3) is 0 Å². The second kappa shape index (κ2) is 5.48. The lowest BCUT2D eigenvalue weighted by molar-refractivity contribution is 0.0600. The van der Waals surface area contributed by atoms with Gasteiger partial charge in [0.1, 0.15) is 17.7 Å². The van der Waals surface area contributed by atoms with Gasteiger partial charge in [-0.3, -0.25) is 0 Å². The Hall–Kier alpha value is -2.59. The van der Waals surface area contributed by atoms with Crippen LogP contribution in [-0.2, 0) is 4.74 Å². The number of nitriles is 2. The summed E-state index contributed by atoms with van der Waals surface area (Å²) >= 11 is 0. The highest BCUT2D eigenvalue weighted by molar-refractivity contribution is 5.91. The zero-order valence-electron chi connectivity index (χ0n) is 9.52. The summed E-state index contributed by atoms with van der Waals surface area (Å²) < 4.78 is 4.64. The third-order valence-electron chi connectivity index (χ3n) is 2.22. The highest BCUT2D eigenvalue weighted by Gasteiger charge is 2.09. The number of ether oxygens (including phenoxy) is 1. The van der Waals surface area contributed by atoms with E-state index in [-0.39, 0.29) is 5.57 Å². The molecule has 0 aliphatic rings. The first-order valence-corrected chi connectivity index (χ1v) is 4.83. The number of benzene rings is 1. The molecule has 0 fully saturated rings. The van der Waals surface area contributed by atoms with Gasteiger partial charge in [-0.15, -0.1) is 0 Å². The molecule has 0 saturated heterocycles. The Morgan fingerprint density at radius 3 is 2.53 bits per heavy atom. The van der Waals surface area contributed by atoms with Crippen LogP contribution in [0.15, 0.2) is 23.8 Å². The standard InChI is InChI=1S/C13H10N2O2/c1-9-3-4-10(5-11(7-14)8-15)6-12(9)13(16)17-2/h3-6H,1-2H3. The number of hydrogen-bond acceptors (Lipinski definition) is 4. The molecule has 0 amide bonds. The number of hydrogen-bond donors (Lipinski definition) is 0. The van der Waals surface area contributed by atoms with Crippen molar-refractivity contribution in [2.75, 3.05) is 7.11 Å². The van der Waals surface area contributed by atoms with Gasteiger partial charge in [-0.05, 0) is 30.2 Å². The minimum absolute atomic E-state index is 0.00957. The topological polar surface area (TPSA) is 73.9 Å². The quantitative estimate of drug-likeness (QED) is 0.572. The molecule has 0 spiro atoms. The Morgan fingerprint density at radius 1 is 1.35 bits per heavy atom. The second-order valence-corrected chi connectivity index (χ2v) is 3.35. The first-order chi connectivity index (χ1) is 8.12. The van der Waals surface area contributed by atoms with Crippen LogP contribution >= 0.6 is 0 Å². The Morgan fingerprint density at radius 2 is 2.00 bits per heavy atom. The highest BCUT2D eigenvalue weighted by Crippen LogP contribution is 2.14. The number of carbonyl (C=O) groups excluding carboxylic acids is 1. The zero-order valence-corrected chi connectivity index (χ0v) is 9.52. The molecule has 17 heavy (non-hydrogen) atoms. The monoisotopic (exact) mass is 226 g/mol. The van der Waals surface area contributed by atoms with Crippen molar-refractivity contribution in [2.24, 2.45) is 0 Å². The molecule has 1 aromatic rings. The first kappa shape index (κ1) is 12.5. The third kappa shape index (κ3) is 2.93. The van der Waals surface area contributed by atoms with Crippen LogP contribution in [0.25, 0.3) is 6.08 Å². The Bertz CT molecular complexity index is 544. The van der Waals surface area contributed by atoms with Crippen molar-refractivity contribution in [3.8, 4) is 12.1 Å². The van der Waals surface area contributed by atoms with Gasteiger partial charge in [-0.1, -0.05) is 12.1 Å². The molecule has 0 N–H and O–H groups in total. The summed E-state index contributed by atoms with van der Waals surface area (Å²) in [7, 11) is 1.31. The first-order valence-electron chi connectivity index (χ1n) is 4.83. The molecule has 0 heterocycles. The maximum absolute atomic E-state index is 11.4. The van der Waals surface area contributed by atoms with Crippen LogP contribution in [0.4, 0.5) is 0 Å². The van der Waals surface area contributed by atoms with Gasteiger partial charge in [-0.2, -0.15) is 10.5 Å². The summed E-state index contributed by atoms with van der Waals surface area (Å²) in [4.78, 5) is 11.4. The molecule has 1 aromatic carbocycles. The fourth-order valence-electron chi connectivity index (χ4n) is 1.32. The number of rotatable bonds is 2. The van der Waals surface area contributed by atoms with E-state index in [0.717, 1.165) is 5.56 Å². The molecule has 0 saturated carbocycles. The molecule has 0 aliphatic carbocycles. The minimum atomic E-state index is -0.437. The largest absolute Gasteiger partial charge is 0.465 e. The predicted octanol–water partition coefficient (Wildman–Crippen LogP) is 2.21. The number of methoxy groups -OCH3 is 1. The fourth-order valence-corrected chi connectivity index (χ4v) is 1.32. The summed E-state index contributed by atoms with van der Waals surface area (Å²) in [6.45, 7) is 1.79. The number of carbonyl (C=O) groups is 1. The van der Waals surface area contributed by atoms with E-state index < -0.39 is 5.97 Å². The molecule has 1 rings (SSSR count). The molecule has 4 nitrogen and oxygen atoms in total. The fraction of sp³-hybridized carbons (Fsp3) is 0.154. The Balaban J connectivity index is 3.24. The van der Waals surface area contributed by atoms with E-state index in [4.69, 9.17) is 10.5 Å². The van der Waals surface area contributed by atoms with Crippen LogP contribution in [-0.4, -0.2) is 13.1 Å². The maximum Gasteiger partial charge on any atom is 0.338 e. The van der Waals surface area contributed by atoms with Gasteiger partial charge in [0, 0.05) is 0 Å². The molecule has 0 aliphatic heterocycles. The van der Waals surface area contributed by atoms with Gasteiger partial charge >= 0.3 is 5.97 Å². The van der Waals surface area contributed by atoms with Crippen LogP contribution in [0, 0.1) is 29.6 Å². The van der Waals surface area contributed by atoms with Gasteiger partial charge < -0.3 is 4.74 Å². The highest BCUT2D eigenvalue weighted by atomic mass is 16.5. The summed E-state index contributed by atoms with van der Waals surface area (Å²) in [5.74, 6) is -0.437. The summed E-state index contributed by atoms with van der Waals surface area (Å²) in [5.41, 5.74) is 1.82. The van der Waals surface area contributed by atoms with Gasteiger partial charge in [0.15, 0.2) is 0 Å². The maximum atomic E-state index is 11.4. The van der Waals surface area contributed by atoms with Crippen molar-refractivity contribution in [3.05, 3.63) is 40.5 Å². The van der Waals surface area contributed by atoms with Gasteiger partial charge in [-0.25, -0.2) is 4.79 Å². The van der Waals surface area contributed by atoms with Crippen LogP contribution in [0.3, 0.4) is 0 Å². The minimum Gasteiger partial charge on any atom is -0.465 e. The van der Waals surface area contributed by atoms with Crippen molar-refractivity contribution >= 4 is 12.0 Å². The summed E-state index contributed by atoms with van der Waals surface area (Å²) in [6.07, 6.45) is 1.42. The van der Waals surface area contributed by atoms with E-state index in [9.17, 15) is 4.79 Å². The van der Waals surface area contributed by atoms with E-state index in [2.05, 4.69) is 4.74 Å². The van der Waals surface area contributed by atoms with E-state index >= 15 is 0 Å². The van der Waals surface area contributed by atoms with Gasteiger partial charge in [0.2, 0.25) is 0 Å². The average Bonchev–Trinajstić information content (AvgIpc) is 2.36. The van der Waals surface area contributed by atoms with Crippen molar-refractivity contribution < 1.29 is 9.53 Å². The number of esters is 1. The Labute approximate surface area is 99.4 Å². The summed E-state index contributed by atoms with van der Waals surface area (Å²) in [6, 6.07) is 8.59. The van der Waals surface area contributed by atoms with Crippen LogP contribution in [0.1, 0.15) is 21.5 Å². The molecular formula is C13H10N2O2. The molecule has 0 radical (unpaired) electrons. The van der Waals surface area contributed by atoms with Crippen LogP contribution in [0.5, 0.6) is 0 Å². The van der Waals surface area contributed by atoms with E-state index in [1.54, 1.807) is 37.3 Å². The smallest absolute Gasteiger partial charge is 0.338 e. The molecular weight excluding hydrogens is 216 g/mol. The van der Waals surface area contributed by atoms with Crippen LogP contribution in [0.2, 0.25) is 0 Å². The van der Waals surface area contributed by atoms with E-state index in [1.165, 1.54) is 13.2 Å². The lowest BCUT2D eigenvalue weighted by atomic mass is 10.0. The molecule has 84 valence electrons. The number of nitrogens with zero attached hydrogens (tertiary/aromatic N) is 2. The normalized spacial score (nSPS) is 8.71. The molecule has 0 unspecified atom stereocenters. The van der Waals surface area contributed by atoms with E-state index in [1.807, 2.05) is 0 Å². The SMILES string of the molecule is COC(=O)c1cc(C=C(C#N)C#N)ccc1C. The summed E-state index contributed by atoms with van der Waals surface area (Å²) in [5, 5.41) is 17.3. The molecule has 0 bridgehead atoms. The lowest BCUT2D eigenvalue weighted by Crippen LogP contribution is -2.03. The number of allylic oxidation sites excluding steroid dienone is 1. The Kier molecular flexibility index (Phi) is 4.02. The van der Waals surface area contributed by atoms with Crippen molar-refractivity contribution in [3.63, 3.8) is 0 Å². The average molecular weight is 226 g/mol. The van der Waals surface area contributed by atoms with E-state index in [0.29, 0.717) is 11.1 Å². The lowest BCUT2D eigenvalue weighted by Gasteiger charge is -2.04. The van der Waals surface area contributed by atoms with Crippen molar-refractivity contribution in [1.29, 1.82) is 10.5 Å². The molecule has 0 atom stereocenters. The number of aryl methyl sites for hydroxylation is 1. The van der Waals surface area contributed by atoms with Gasteiger partial charge in [0.05, 0.1) is 12.7 Å². The molecule has 4 heteroatoms. The van der Waals surface area contributed by atoms with Crippen molar-refractivity contribution in [2.45, 2.75) is 6.92 Å². The molecule has 0 aromatic heterocycles. The predicted molar refractivity (Wildman–Crippen MR) is 61.7 cm³/mol. The third-order valence-corrected chi connectivity index (χ3v) is 2.22. The second-order valence-electron chi connectivity index (χ2n) is 3.35. The van der Waals surface area contributed by atoms with Crippen molar-refractivity contribution in [1.82, 2.24) is 0 Å². The zero-order chi connectivity index (χ0) is 12.8. The van der Waals surface area contributed by atoms with Crippen LogP contribution < -0.4 is 0 Å².